The van der Waals surface area contributed by atoms with Crippen LogP contribution in [0.4, 0.5) is 13.2 Å². The summed E-state index contributed by atoms with van der Waals surface area (Å²) in [6.45, 7) is 1.51. The van der Waals surface area contributed by atoms with E-state index in [9.17, 15) is 22.8 Å². The highest BCUT2D eigenvalue weighted by Crippen LogP contribution is 2.26. The Morgan fingerprint density at radius 1 is 1.13 bits per heavy atom. The van der Waals surface area contributed by atoms with Gasteiger partial charge in [0.15, 0.2) is 5.78 Å². The third kappa shape index (κ3) is 5.13. The molecule has 1 aromatic heterocycles. The van der Waals surface area contributed by atoms with Crippen molar-refractivity contribution in [2.45, 2.75) is 32.2 Å². The van der Waals surface area contributed by atoms with Gasteiger partial charge < -0.3 is 9.47 Å². The number of rotatable bonds is 7. The van der Waals surface area contributed by atoms with Crippen molar-refractivity contribution in [3.63, 3.8) is 0 Å². The standard InChI is InChI=1S/C20H18F3N3O4/c1-12(13-3-5-15(6-4-13)30-20(21,22)23)9-14(27)11-26-19(28)17-8-7-16(29-2)10-18(17)24-25-26/h3-8,10,12H,9,11H2,1-2H3/t12-/m1/s1. The normalized spacial score (nSPS) is 12.6. The fourth-order valence-electron chi connectivity index (χ4n) is 2.98. The SMILES string of the molecule is COc1ccc2c(=O)n(CC(=O)C[C@@H](C)c3ccc(OC(F)(F)F)cc3)nnc2c1. The van der Waals surface area contributed by atoms with Crippen LogP contribution in [0.3, 0.4) is 0 Å². The largest absolute Gasteiger partial charge is 0.573 e. The number of hydrogen-bond acceptors (Lipinski definition) is 6. The average molecular weight is 421 g/mol. The Hall–Kier alpha value is -3.43. The van der Waals surface area contributed by atoms with Crippen LogP contribution < -0.4 is 15.0 Å². The van der Waals surface area contributed by atoms with Crippen molar-refractivity contribution in [1.82, 2.24) is 15.0 Å². The predicted octanol–water partition coefficient (Wildman–Crippen LogP) is 3.46. The number of nitrogens with zero attached hydrogens (tertiary/aromatic N) is 3. The molecule has 0 fully saturated rings. The van der Waals surface area contributed by atoms with Gasteiger partial charge in [0.25, 0.3) is 5.56 Å². The Balaban J connectivity index is 1.68. The zero-order valence-electron chi connectivity index (χ0n) is 16.1. The molecule has 1 atom stereocenters. The molecular formula is C20H18F3N3O4. The highest BCUT2D eigenvalue weighted by atomic mass is 19.4. The van der Waals surface area contributed by atoms with Gasteiger partial charge in [0.2, 0.25) is 0 Å². The van der Waals surface area contributed by atoms with Crippen LogP contribution in [0, 0.1) is 0 Å². The van der Waals surface area contributed by atoms with Crippen molar-refractivity contribution in [1.29, 1.82) is 0 Å². The summed E-state index contributed by atoms with van der Waals surface area (Å²) in [6, 6.07) is 10.1. The highest BCUT2D eigenvalue weighted by molar-refractivity contribution is 5.80. The molecule has 0 aliphatic rings. The first-order valence-electron chi connectivity index (χ1n) is 8.95. The zero-order valence-corrected chi connectivity index (χ0v) is 16.1. The second-order valence-corrected chi connectivity index (χ2v) is 6.70. The van der Waals surface area contributed by atoms with Crippen LogP contribution in [-0.2, 0) is 11.3 Å². The van der Waals surface area contributed by atoms with E-state index in [4.69, 9.17) is 4.74 Å². The van der Waals surface area contributed by atoms with Crippen LogP contribution in [0.1, 0.15) is 24.8 Å². The summed E-state index contributed by atoms with van der Waals surface area (Å²) in [4.78, 5) is 25.0. The minimum atomic E-state index is -4.76. The van der Waals surface area contributed by atoms with E-state index in [0.29, 0.717) is 22.2 Å². The smallest absolute Gasteiger partial charge is 0.497 e. The first-order valence-corrected chi connectivity index (χ1v) is 8.95. The molecule has 0 saturated carbocycles. The van der Waals surface area contributed by atoms with Gasteiger partial charge in [0.05, 0.1) is 12.5 Å². The van der Waals surface area contributed by atoms with Gasteiger partial charge in [0, 0.05) is 12.5 Å². The number of benzene rings is 2. The van der Waals surface area contributed by atoms with Gasteiger partial charge in [-0.3, -0.25) is 9.59 Å². The van der Waals surface area contributed by atoms with Crippen molar-refractivity contribution >= 4 is 16.7 Å². The third-order valence-electron chi connectivity index (χ3n) is 4.47. The van der Waals surface area contributed by atoms with E-state index in [1.54, 1.807) is 25.1 Å². The van der Waals surface area contributed by atoms with Crippen LogP contribution in [0.15, 0.2) is 47.3 Å². The van der Waals surface area contributed by atoms with E-state index < -0.39 is 11.9 Å². The molecule has 0 N–H and O–H groups in total. The number of hydrogen-bond donors (Lipinski definition) is 0. The van der Waals surface area contributed by atoms with Gasteiger partial charge in [-0.15, -0.1) is 18.3 Å². The van der Waals surface area contributed by atoms with E-state index in [2.05, 4.69) is 15.0 Å². The van der Waals surface area contributed by atoms with Gasteiger partial charge in [-0.25, -0.2) is 4.68 Å². The number of carbonyl (C=O) groups is 1. The minimum absolute atomic E-state index is 0.0776. The summed E-state index contributed by atoms with van der Waals surface area (Å²) >= 11 is 0. The number of ether oxygens (including phenoxy) is 2. The first-order chi connectivity index (χ1) is 14.2. The van der Waals surface area contributed by atoms with Crippen LogP contribution in [0.5, 0.6) is 11.5 Å². The molecule has 0 saturated heterocycles. The number of alkyl halides is 3. The van der Waals surface area contributed by atoms with E-state index >= 15 is 0 Å². The lowest BCUT2D eigenvalue weighted by Gasteiger charge is -2.13. The van der Waals surface area contributed by atoms with Gasteiger partial charge >= 0.3 is 6.36 Å². The van der Waals surface area contributed by atoms with Crippen LogP contribution in [0.25, 0.3) is 10.9 Å². The van der Waals surface area contributed by atoms with Crippen molar-refractivity contribution in [2.75, 3.05) is 7.11 Å². The van der Waals surface area contributed by atoms with Gasteiger partial charge in [-0.05, 0) is 35.7 Å². The summed E-state index contributed by atoms with van der Waals surface area (Å²) < 4.78 is 46.6. The molecule has 10 heteroatoms. The molecule has 0 radical (unpaired) electrons. The van der Waals surface area contributed by atoms with Crippen molar-refractivity contribution in [3.8, 4) is 11.5 Å². The van der Waals surface area contributed by atoms with Crippen molar-refractivity contribution < 1.29 is 27.4 Å². The van der Waals surface area contributed by atoms with Gasteiger partial charge in [-0.2, -0.15) is 0 Å². The third-order valence-corrected chi connectivity index (χ3v) is 4.47. The lowest BCUT2D eigenvalue weighted by atomic mass is 9.95. The van der Waals surface area contributed by atoms with Crippen LogP contribution in [0.2, 0.25) is 0 Å². The molecule has 3 rings (SSSR count). The maximum Gasteiger partial charge on any atom is 0.573 e. The molecule has 0 amide bonds. The molecule has 0 aliphatic carbocycles. The predicted molar refractivity (Wildman–Crippen MR) is 102 cm³/mol. The molecule has 0 unspecified atom stereocenters. The number of Topliss-reactive ketones (excluding diaryl/α,β-unsaturated/α-hetero) is 1. The Bertz CT molecular complexity index is 1110. The Labute approximate surface area is 169 Å². The number of halogens is 3. The summed E-state index contributed by atoms with van der Waals surface area (Å²) in [5.74, 6) is -0.335. The molecule has 0 aliphatic heterocycles. The quantitative estimate of drug-likeness (QED) is 0.581. The zero-order chi connectivity index (χ0) is 21.9. The van der Waals surface area contributed by atoms with Crippen molar-refractivity contribution in [2.24, 2.45) is 0 Å². The van der Waals surface area contributed by atoms with E-state index in [1.165, 1.54) is 31.4 Å². The molecule has 30 heavy (non-hydrogen) atoms. The number of fused-ring (bicyclic) bond motifs is 1. The Morgan fingerprint density at radius 2 is 1.80 bits per heavy atom. The number of aromatic nitrogens is 3. The Kier molecular flexibility index (Phi) is 6.04. The topological polar surface area (TPSA) is 83.3 Å². The fraction of sp³-hybridized carbons (Fsp3) is 0.300. The van der Waals surface area contributed by atoms with E-state index in [0.717, 1.165) is 4.68 Å². The number of carbonyl (C=O) groups excluding carboxylic acids is 1. The lowest BCUT2D eigenvalue weighted by molar-refractivity contribution is -0.274. The lowest BCUT2D eigenvalue weighted by Crippen LogP contribution is -2.28. The second kappa shape index (κ2) is 8.52. The average Bonchev–Trinajstić information content (AvgIpc) is 2.69. The van der Waals surface area contributed by atoms with E-state index in [-0.39, 0.29) is 30.4 Å². The second-order valence-electron chi connectivity index (χ2n) is 6.70. The molecular weight excluding hydrogens is 403 g/mol. The van der Waals surface area contributed by atoms with Crippen LogP contribution in [-0.4, -0.2) is 34.2 Å². The molecule has 2 aromatic carbocycles. The summed E-state index contributed by atoms with van der Waals surface area (Å²) in [7, 11) is 1.49. The molecule has 0 bridgehead atoms. The minimum Gasteiger partial charge on any atom is -0.497 e. The molecule has 0 spiro atoms. The monoisotopic (exact) mass is 421 g/mol. The molecule has 3 aromatic rings. The first kappa shape index (κ1) is 21.3. The maximum atomic E-state index is 12.5. The molecule has 158 valence electrons. The van der Waals surface area contributed by atoms with E-state index in [1.807, 2.05) is 0 Å². The molecule has 7 nitrogen and oxygen atoms in total. The Morgan fingerprint density at radius 3 is 2.43 bits per heavy atom. The number of ketones is 1. The van der Waals surface area contributed by atoms with Gasteiger partial charge in [0.1, 0.15) is 23.6 Å². The maximum absolute atomic E-state index is 12.5. The summed E-state index contributed by atoms with van der Waals surface area (Å²) in [5.41, 5.74) is 0.580. The highest BCUT2D eigenvalue weighted by Gasteiger charge is 2.31. The summed E-state index contributed by atoms with van der Waals surface area (Å²) in [6.07, 6.45) is -4.68. The van der Waals surface area contributed by atoms with Crippen molar-refractivity contribution in [3.05, 3.63) is 58.4 Å². The number of methoxy groups -OCH3 is 1. The summed E-state index contributed by atoms with van der Waals surface area (Å²) in [5, 5.41) is 8.07. The fourth-order valence-corrected chi connectivity index (χ4v) is 2.98. The van der Waals surface area contributed by atoms with Crippen LogP contribution >= 0.6 is 0 Å². The van der Waals surface area contributed by atoms with Gasteiger partial charge in [-0.1, -0.05) is 24.3 Å². The molecule has 1 heterocycles.